The third-order valence-corrected chi connectivity index (χ3v) is 5.94. The third-order valence-electron chi connectivity index (χ3n) is 5.94. The van der Waals surface area contributed by atoms with Crippen LogP contribution in [0.15, 0.2) is 36.4 Å². The van der Waals surface area contributed by atoms with Gasteiger partial charge in [0.2, 0.25) is 0 Å². The van der Waals surface area contributed by atoms with E-state index in [0.29, 0.717) is 19.1 Å². The summed E-state index contributed by atoms with van der Waals surface area (Å²) in [5, 5.41) is 2.95. The Morgan fingerprint density at radius 3 is 2.57 bits per heavy atom. The van der Waals surface area contributed by atoms with Crippen LogP contribution in [0, 0.1) is 0 Å². The summed E-state index contributed by atoms with van der Waals surface area (Å²) in [5.41, 5.74) is 7.19. The number of nitrogens with one attached hydrogen (secondary N) is 1. The summed E-state index contributed by atoms with van der Waals surface area (Å²) in [4.78, 5) is 14.3. The Bertz CT molecular complexity index is 932. The zero-order chi connectivity index (χ0) is 21.3. The summed E-state index contributed by atoms with van der Waals surface area (Å²) in [7, 11) is 2.11. The Kier molecular flexibility index (Phi) is 5.74. The molecule has 1 atom stereocenters. The monoisotopic (exact) mass is 408 g/mol. The highest BCUT2D eigenvalue weighted by atomic mass is 16.6. The van der Waals surface area contributed by atoms with E-state index in [1.54, 1.807) is 0 Å². The van der Waals surface area contributed by atoms with Gasteiger partial charge in [0, 0.05) is 30.9 Å². The highest BCUT2D eigenvalue weighted by Crippen LogP contribution is 2.36. The van der Waals surface area contributed by atoms with E-state index in [1.165, 1.54) is 33.6 Å². The van der Waals surface area contributed by atoms with E-state index in [2.05, 4.69) is 53.7 Å². The van der Waals surface area contributed by atoms with Crippen molar-refractivity contribution in [3.05, 3.63) is 58.7 Å². The van der Waals surface area contributed by atoms with Crippen LogP contribution in [0.2, 0.25) is 0 Å². The van der Waals surface area contributed by atoms with Crippen LogP contribution in [-0.2, 0) is 29.1 Å². The molecule has 1 amide bonds. The number of alkyl carbamates (subject to hydrolysis) is 1. The Balaban J connectivity index is 1.47. The van der Waals surface area contributed by atoms with Crippen LogP contribution in [0.25, 0.3) is 0 Å². The molecule has 30 heavy (non-hydrogen) atoms. The molecule has 5 nitrogen and oxygen atoms in total. The first kappa shape index (κ1) is 20.7. The van der Waals surface area contributed by atoms with Crippen LogP contribution < -0.4 is 10.2 Å². The summed E-state index contributed by atoms with van der Waals surface area (Å²) >= 11 is 0. The number of amides is 1. The number of hydrogen-bond donors (Lipinski definition) is 1. The van der Waals surface area contributed by atoms with Crippen LogP contribution in [0.1, 0.15) is 61.8 Å². The second-order valence-corrected chi connectivity index (χ2v) is 9.36. The smallest absolute Gasteiger partial charge is 0.407 e. The molecule has 0 aromatic heterocycles. The lowest BCUT2D eigenvalue weighted by Gasteiger charge is -2.29. The van der Waals surface area contributed by atoms with Crippen molar-refractivity contribution >= 4 is 17.5 Å². The molecule has 0 unspecified atom stereocenters. The largest absolute Gasteiger partial charge is 0.444 e. The minimum Gasteiger partial charge on any atom is -0.444 e. The van der Waals surface area contributed by atoms with Crippen molar-refractivity contribution in [3.63, 3.8) is 0 Å². The molecular formula is C25H32N2O3. The molecule has 0 fully saturated rings. The maximum atomic E-state index is 12.0. The third kappa shape index (κ3) is 4.62. The zero-order valence-corrected chi connectivity index (χ0v) is 18.5. The van der Waals surface area contributed by atoms with Gasteiger partial charge >= 0.3 is 6.09 Å². The predicted molar refractivity (Wildman–Crippen MR) is 119 cm³/mol. The molecule has 0 saturated heterocycles. The Labute approximate surface area is 179 Å². The summed E-state index contributed by atoms with van der Waals surface area (Å²) < 4.78 is 10.9. The van der Waals surface area contributed by atoms with E-state index in [-0.39, 0.29) is 6.09 Å². The number of carbonyl (C=O) groups is 1. The maximum absolute atomic E-state index is 12.0. The molecule has 1 heterocycles. The second-order valence-electron chi connectivity index (χ2n) is 9.36. The first-order valence-corrected chi connectivity index (χ1v) is 10.8. The van der Waals surface area contributed by atoms with E-state index in [1.807, 2.05) is 20.8 Å². The van der Waals surface area contributed by atoms with Crippen molar-refractivity contribution in [1.82, 2.24) is 5.32 Å². The maximum Gasteiger partial charge on any atom is 0.407 e. The molecule has 2 aliphatic rings. The number of aryl methyl sites for hydroxylation is 1. The molecule has 0 radical (unpaired) electrons. The number of hydrogen-bond acceptors (Lipinski definition) is 4. The summed E-state index contributed by atoms with van der Waals surface area (Å²) in [5.74, 6) is 0.331. The van der Waals surface area contributed by atoms with Gasteiger partial charge in [-0.2, -0.15) is 0 Å². The number of ether oxygens (including phenoxy) is 2. The lowest BCUT2D eigenvalue weighted by Crippen LogP contribution is -2.35. The molecule has 1 N–H and O–H groups in total. The van der Waals surface area contributed by atoms with Gasteiger partial charge in [0.05, 0.1) is 13.2 Å². The minimum atomic E-state index is -0.474. The summed E-state index contributed by atoms with van der Waals surface area (Å²) in [6.07, 6.45) is 2.96. The molecule has 4 rings (SSSR count). The van der Waals surface area contributed by atoms with Crippen molar-refractivity contribution in [2.45, 2.75) is 64.8 Å². The Morgan fingerprint density at radius 2 is 1.80 bits per heavy atom. The molecule has 1 aliphatic heterocycles. The molecule has 0 saturated carbocycles. The van der Waals surface area contributed by atoms with Crippen molar-refractivity contribution in [2.24, 2.45) is 0 Å². The molecule has 5 heteroatoms. The number of carbonyl (C=O) groups excluding carboxylic acids is 1. The van der Waals surface area contributed by atoms with Crippen LogP contribution in [0.5, 0.6) is 0 Å². The molecule has 0 bridgehead atoms. The van der Waals surface area contributed by atoms with Crippen LogP contribution in [0.4, 0.5) is 16.2 Å². The van der Waals surface area contributed by atoms with Crippen LogP contribution in [0.3, 0.4) is 0 Å². The SMILES string of the molecule is CN(c1ccc2c(c1)COC2)c1ccc2c(c1)CCC[C@H]2CNC(=O)OC(C)(C)C. The first-order valence-electron chi connectivity index (χ1n) is 10.8. The standard InChI is InChI=1S/C25H32N2O3/c1-25(2,3)30-24(28)26-14-18-7-5-6-17-12-22(10-11-23(17)18)27(4)21-9-8-19-15-29-16-20(19)13-21/h8-13,18H,5-7,14-16H2,1-4H3,(H,26,28)/t18-/m0/s1. The average Bonchev–Trinajstić information content (AvgIpc) is 3.17. The van der Waals surface area contributed by atoms with Crippen molar-refractivity contribution in [1.29, 1.82) is 0 Å². The van der Waals surface area contributed by atoms with Gasteiger partial charge in [0.1, 0.15) is 5.60 Å². The van der Waals surface area contributed by atoms with Gasteiger partial charge in [-0.1, -0.05) is 12.1 Å². The quantitative estimate of drug-likeness (QED) is 0.733. The number of nitrogens with zero attached hydrogens (tertiary/aromatic N) is 1. The van der Waals surface area contributed by atoms with Gasteiger partial charge in [-0.25, -0.2) is 4.79 Å². The fourth-order valence-corrected chi connectivity index (χ4v) is 4.36. The van der Waals surface area contributed by atoms with Gasteiger partial charge in [-0.15, -0.1) is 0 Å². The highest BCUT2D eigenvalue weighted by Gasteiger charge is 2.23. The number of benzene rings is 2. The highest BCUT2D eigenvalue weighted by molar-refractivity contribution is 5.68. The van der Waals surface area contributed by atoms with E-state index >= 15 is 0 Å². The predicted octanol–water partition coefficient (Wildman–Crippen LogP) is 5.43. The Morgan fingerprint density at radius 1 is 1.10 bits per heavy atom. The minimum absolute atomic E-state index is 0.331. The fraction of sp³-hybridized carbons (Fsp3) is 0.480. The van der Waals surface area contributed by atoms with Gasteiger partial charge in [-0.05, 0) is 86.6 Å². The number of fused-ring (bicyclic) bond motifs is 2. The van der Waals surface area contributed by atoms with Crippen molar-refractivity contribution < 1.29 is 14.3 Å². The van der Waals surface area contributed by atoms with Crippen LogP contribution in [-0.4, -0.2) is 25.3 Å². The lowest BCUT2D eigenvalue weighted by atomic mass is 9.82. The molecule has 160 valence electrons. The Hall–Kier alpha value is -2.53. The van der Waals surface area contributed by atoms with Crippen molar-refractivity contribution in [2.75, 3.05) is 18.5 Å². The van der Waals surface area contributed by atoms with Gasteiger partial charge in [-0.3, -0.25) is 0 Å². The molecule has 2 aromatic carbocycles. The molecule has 2 aromatic rings. The summed E-state index contributed by atoms with van der Waals surface area (Å²) in [6, 6.07) is 13.3. The van der Waals surface area contributed by atoms with Gasteiger partial charge in [0.15, 0.2) is 0 Å². The number of anilines is 2. The van der Waals surface area contributed by atoms with E-state index in [0.717, 1.165) is 25.9 Å². The van der Waals surface area contributed by atoms with Gasteiger partial charge in [0.25, 0.3) is 0 Å². The fourth-order valence-electron chi connectivity index (χ4n) is 4.36. The van der Waals surface area contributed by atoms with Crippen molar-refractivity contribution in [3.8, 4) is 0 Å². The lowest BCUT2D eigenvalue weighted by molar-refractivity contribution is 0.0523. The molecule has 1 aliphatic carbocycles. The average molecular weight is 409 g/mol. The van der Waals surface area contributed by atoms with E-state index in [9.17, 15) is 4.79 Å². The normalized spacial score (nSPS) is 17.8. The second kappa shape index (κ2) is 8.31. The topological polar surface area (TPSA) is 50.8 Å². The first-order chi connectivity index (χ1) is 14.3. The van der Waals surface area contributed by atoms with E-state index < -0.39 is 5.60 Å². The van der Waals surface area contributed by atoms with Crippen LogP contribution >= 0.6 is 0 Å². The number of rotatable bonds is 4. The van der Waals surface area contributed by atoms with E-state index in [4.69, 9.17) is 9.47 Å². The van der Waals surface area contributed by atoms with Gasteiger partial charge < -0.3 is 19.7 Å². The summed E-state index contributed by atoms with van der Waals surface area (Å²) in [6.45, 7) is 7.68. The molecular weight excluding hydrogens is 376 g/mol. The molecule has 0 spiro atoms. The zero-order valence-electron chi connectivity index (χ0n) is 18.5.